The highest BCUT2D eigenvalue weighted by molar-refractivity contribution is 5.18. The van der Waals surface area contributed by atoms with E-state index >= 15 is 0 Å². The first-order valence-corrected chi connectivity index (χ1v) is 4.24. The largest absolute Gasteiger partial charge is 0.472 e. The second-order valence-corrected chi connectivity index (χ2v) is 3.81. The summed E-state index contributed by atoms with van der Waals surface area (Å²) in [6.07, 6.45) is 5.93. The number of rotatable bonds is 3. The van der Waals surface area contributed by atoms with Crippen molar-refractivity contribution in [3.63, 3.8) is 0 Å². The Morgan fingerprint density at radius 2 is 2.42 bits per heavy atom. The summed E-state index contributed by atoms with van der Waals surface area (Å²) in [6, 6.07) is 2.21. The lowest BCUT2D eigenvalue weighted by Crippen LogP contribution is -2.33. The molecule has 1 fully saturated rings. The molecule has 0 radical (unpaired) electrons. The number of hydrazine groups is 1. The van der Waals surface area contributed by atoms with Crippen molar-refractivity contribution in [3.05, 3.63) is 24.2 Å². The van der Waals surface area contributed by atoms with E-state index in [0.717, 1.165) is 5.56 Å². The first-order valence-electron chi connectivity index (χ1n) is 4.24. The minimum atomic E-state index is 0.247. The molecule has 0 aliphatic heterocycles. The number of hydrogen-bond acceptors (Lipinski definition) is 3. The van der Waals surface area contributed by atoms with Crippen LogP contribution in [0.3, 0.4) is 0 Å². The molecular weight excluding hydrogens is 152 g/mol. The average molecular weight is 166 g/mol. The van der Waals surface area contributed by atoms with Crippen LogP contribution in [0.4, 0.5) is 0 Å². The summed E-state index contributed by atoms with van der Waals surface area (Å²) in [5.74, 6) is 5.50. The van der Waals surface area contributed by atoms with E-state index in [0.29, 0.717) is 5.41 Å². The molecule has 1 aliphatic rings. The SMILES string of the molecule is CC1(C(NN)c2ccoc2)CC1. The fraction of sp³-hybridized carbons (Fsp3) is 0.556. The molecule has 2 rings (SSSR count). The summed E-state index contributed by atoms with van der Waals surface area (Å²) in [4.78, 5) is 0. The number of nitrogens with one attached hydrogen (secondary N) is 1. The lowest BCUT2D eigenvalue weighted by atomic mass is 9.94. The third-order valence-corrected chi connectivity index (χ3v) is 2.78. The molecule has 1 heterocycles. The number of hydrogen-bond donors (Lipinski definition) is 2. The van der Waals surface area contributed by atoms with Gasteiger partial charge in [0.05, 0.1) is 18.6 Å². The van der Waals surface area contributed by atoms with Crippen LogP contribution in [0.15, 0.2) is 23.0 Å². The smallest absolute Gasteiger partial charge is 0.0951 e. The molecule has 3 nitrogen and oxygen atoms in total. The van der Waals surface area contributed by atoms with Crippen LogP contribution >= 0.6 is 0 Å². The quantitative estimate of drug-likeness (QED) is 0.529. The molecule has 3 N–H and O–H groups in total. The van der Waals surface area contributed by atoms with Crippen molar-refractivity contribution in [1.82, 2.24) is 5.43 Å². The average Bonchev–Trinajstić information content (AvgIpc) is 2.63. The molecule has 0 saturated heterocycles. The third kappa shape index (κ3) is 1.15. The van der Waals surface area contributed by atoms with Gasteiger partial charge in [-0.15, -0.1) is 0 Å². The molecular formula is C9H14N2O. The van der Waals surface area contributed by atoms with Gasteiger partial charge in [-0.2, -0.15) is 0 Å². The summed E-state index contributed by atoms with van der Waals surface area (Å²) in [7, 11) is 0. The maximum Gasteiger partial charge on any atom is 0.0951 e. The fourth-order valence-corrected chi connectivity index (χ4v) is 1.62. The van der Waals surface area contributed by atoms with E-state index in [-0.39, 0.29) is 6.04 Å². The van der Waals surface area contributed by atoms with Gasteiger partial charge in [-0.25, -0.2) is 0 Å². The predicted molar refractivity (Wildman–Crippen MR) is 46.1 cm³/mol. The molecule has 1 saturated carbocycles. The van der Waals surface area contributed by atoms with Gasteiger partial charge < -0.3 is 4.42 Å². The number of nitrogens with two attached hydrogens (primary N) is 1. The third-order valence-electron chi connectivity index (χ3n) is 2.78. The van der Waals surface area contributed by atoms with E-state index in [4.69, 9.17) is 10.3 Å². The van der Waals surface area contributed by atoms with Gasteiger partial charge in [-0.3, -0.25) is 11.3 Å². The maximum absolute atomic E-state index is 5.50. The molecule has 0 aromatic carbocycles. The zero-order valence-electron chi connectivity index (χ0n) is 7.21. The molecule has 1 aliphatic carbocycles. The van der Waals surface area contributed by atoms with Gasteiger partial charge >= 0.3 is 0 Å². The summed E-state index contributed by atoms with van der Waals surface area (Å²) in [5.41, 5.74) is 4.34. The summed E-state index contributed by atoms with van der Waals surface area (Å²) in [6.45, 7) is 2.24. The van der Waals surface area contributed by atoms with Crippen LogP contribution in [0.5, 0.6) is 0 Å². The molecule has 1 atom stereocenters. The van der Waals surface area contributed by atoms with E-state index < -0.39 is 0 Å². The molecule has 1 aromatic rings. The van der Waals surface area contributed by atoms with Gasteiger partial charge in [-0.1, -0.05) is 6.92 Å². The Labute approximate surface area is 71.9 Å². The van der Waals surface area contributed by atoms with Gasteiger partial charge in [0, 0.05) is 5.56 Å². The van der Waals surface area contributed by atoms with Crippen LogP contribution in [-0.4, -0.2) is 0 Å². The van der Waals surface area contributed by atoms with E-state index in [1.165, 1.54) is 12.8 Å². The predicted octanol–water partition coefficient (Wildman–Crippen LogP) is 1.58. The van der Waals surface area contributed by atoms with Crippen molar-refractivity contribution < 1.29 is 4.42 Å². The molecule has 3 heteroatoms. The lowest BCUT2D eigenvalue weighted by Gasteiger charge is -2.20. The highest BCUT2D eigenvalue weighted by Crippen LogP contribution is 2.54. The van der Waals surface area contributed by atoms with E-state index in [9.17, 15) is 0 Å². The Kier molecular flexibility index (Phi) is 1.70. The Bertz CT molecular complexity index is 252. The molecule has 1 unspecified atom stereocenters. The second kappa shape index (κ2) is 2.61. The van der Waals surface area contributed by atoms with Crippen molar-refractivity contribution in [2.75, 3.05) is 0 Å². The maximum atomic E-state index is 5.50. The molecule has 1 aromatic heterocycles. The van der Waals surface area contributed by atoms with Crippen LogP contribution < -0.4 is 11.3 Å². The van der Waals surface area contributed by atoms with Gasteiger partial charge in [0.15, 0.2) is 0 Å². The van der Waals surface area contributed by atoms with Crippen LogP contribution in [0, 0.1) is 5.41 Å². The minimum absolute atomic E-state index is 0.247. The monoisotopic (exact) mass is 166 g/mol. The van der Waals surface area contributed by atoms with Crippen molar-refractivity contribution in [1.29, 1.82) is 0 Å². The molecule has 66 valence electrons. The Hall–Kier alpha value is -0.800. The van der Waals surface area contributed by atoms with Crippen molar-refractivity contribution in [2.24, 2.45) is 11.3 Å². The second-order valence-electron chi connectivity index (χ2n) is 3.81. The Morgan fingerprint density at radius 1 is 1.67 bits per heavy atom. The van der Waals surface area contributed by atoms with E-state index in [1.807, 2.05) is 6.07 Å². The van der Waals surface area contributed by atoms with Crippen molar-refractivity contribution in [2.45, 2.75) is 25.8 Å². The van der Waals surface area contributed by atoms with Crippen LogP contribution in [-0.2, 0) is 0 Å². The van der Waals surface area contributed by atoms with E-state index in [1.54, 1.807) is 12.5 Å². The lowest BCUT2D eigenvalue weighted by molar-refractivity contribution is 0.369. The summed E-state index contributed by atoms with van der Waals surface area (Å²) < 4.78 is 5.02. The highest BCUT2D eigenvalue weighted by atomic mass is 16.3. The van der Waals surface area contributed by atoms with Crippen LogP contribution in [0.2, 0.25) is 0 Å². The minimum Gasteiger partial charge on any atom is -0.472 e. The van der Waals surface area contributed by atoms with Gasteiger partial charge in [0.1, 0.15) is 0 Å². The summed E-state index contributed by atoms with van der Waals surface area (Å²) >= 11 is 0. The van der Waals surface area contributed by atoms with Gasteiger partial charge in [-0.05, 0) is 24.3 Å². The molecule has 0 spiro atoms. The van der Waals surface area contributed by atoms with Crippen LogP contribution in [0.25, 0.3) is 0 Å². The van der Waals surface area contributed by atoms with Gasteiger partial charge in [0.2, 0.25) is 0 Å². The first kappa shape index (κ1) is 7.83. The van der Waals surface area contributed by atoms with Gasteiger partial charge in [0.25, 0.3) is 0 Å². The molecule has 12 heavy (non-hydrogen) atoms. The normalized spacial score (nSPS) is 22.2. The summed E-state index contributed by atoms with van der Waals surface area (Å²) in [5, 5.41) is 0. The first-order chi connectivity index (χ1) is 5.76. The fourth-order valence-electron chi connectivity index (χ4n) is 1.62. The topological polar surface area (TPSA) is 51.2 Å². The van der Waals surface area contributed by atoms with E-state index in [2.05, 4.69) is 12.3 Å². The van der Waals surface area contributed by atoms with Crippen LogP contribution in [0.1, 0.15) is 31.4 Å². The van der Waals surface area contributed by atoms with Crippen molar-refractivity contribution >= 4 is 0 Å². The van der Waals surface area contributed by atoms with Crippen molar-refractivity contribution in [3.8, 4) is 0 Å². The molecule has 0 bridgehead atoms. The molecule has 0 amide bonds. The standard InChI is InChI=1S/C9H14N2O/c1-9(3-4-9)8(11-10)7-2-5-12-6-7/h2,5-6,8,11H,3-4,10H2,1H3. The highest BCUT2D eigenvalue weighted by Gasteiger charge is 2.45. The Morgan fingerprint density at radius 3 is 2.83 bits per heavy atom. The number of furan rings is 1. The Balaban J connectivity index is 2.19. The zero-order valence-corrected chi connectivity index (χ0v) is 7.21. The zero-order chi connectivity index (χ0) is 8.60.